The summed E-state index contributed by atoms with van der Waals surface area (Å²) >= 11 is 0. The van der Waals surface area contributed by atoms with Crippen LogP contribution in [0.15, 0.2) is 52.3 Å². The number of carbonyl (C=O) groups excluding carboxylic acids is 1. The number of rotatable bonds is 4. The van der Waals surface area contributed by atoms with Gasteiger partial charge in [-0.1, -0.05) is 0 Å². The fourth-order valence-electron chi connectivity index (χ4n) is 1.60. The number of hydrogen-bond acceptors (Lipinski definition) is 4. The molecule has 1 amide bonds. The highest BCUT2D eigenvalue weighted by Crippen LogP contribution is 2.17. The molecule has 0 unspecified atom stereocenters. The minimum Gasteiger partial charge on any atom is -0.328 e. The minimum atomic E-state index is -3.77. The highest BCUT2D eigenvalue weighted by atomic mass is 32.2. The summed E-state index contributed by atoms with van der Waals surface area (Å²) in [7, 11) is -3.77. The predicted molar refractivity (Wildman–Crippen MR) is 78.6 cm³/mol. The molecule has 1 aromatic carbocycles. The zero-order chi connectivity index (χ0) is 15.5. The van der Waals surface area contributed by atoms with E-state index >= 15 is 0 Å². The summed E-state index contributed by atoms with van der Waals surface area (Å²) in [6.07, 6.45) is 1.12. The van der Waals surface area contributed by atoms with Crippen LogP contribution in [0.3, 0.4) is 0 Å². The largest absolute Gasteiger partial charge is 0.328 e. The Morgan fingerprint density at radius 1 is 1.05 bits per heavy atom. The number of aromatic nitrogens is 1. The number of pyridine rings is 1. The summed E-state index contributed by atoms with van der Waals surface area (Å²) in [5, 5.41) is 2.58. The van der Waals surface area contributed by atoms with Gasteiger partial charge in [0.1, 0.15) is 4.90 Å². The maximum absolute atomic E-state index is 12.1. The molecule has 0 atom stereocenters. The summed E-state index contributed by atoms with van der Waals surface area (Å²) in [6.45, 7) is 1.38. The van der Waals surface area contributed by atoms with Gasteiger partial charge in [0.2, 0.25) is 11.5 Å². The van der Waals surface area contributed by atoms with Crippen LogP contribution in [0.2, 0.25) is 0 Å². The van der Waals surface area contributed by atoms with Gasteiger partial charge in [0.25, 0.3) is 10.0 Å². The van der Waals surface area contributed by atoms with E-state index in [1.54, 1.807) is 12.1 Å². The number of H-pyrrole nitrogens is 1. The summed E-state index contributed by atoms with van der Waals surface area (Å²) in [5.74, 6) is -0.212. The highest BCUT2D eigenvalue weighted by Gasteiger charge is 2.14. The molecule has 0 fully saturated rings. The molecule has 1 aromatic heterocycles. The van der Waals surface area contributed by atoms with Crippen LogP contribution < -0.4 is 15.6 Å². The standard InChI is InChI=1S/C13H13N3O4S/c1-9(17)15-10-2-4-11(5-3-10)16-21(19,20)12-6-7-13(18)14-8-12/h2-8,16H,1H3,(H,14,18)(H,15,17). The van der Waals surface area contributed by atoms with E-state index in [-0.39, 0.29) is 16.4 Å². The lowest BCUT2D eigenvalue weighted by Crippen LogP contribution is -2.15. The molecule has 0 saturated heterocycles. The molecule has 3 N–H and O–H groups in total. The van der Waals surface area contributed by atoms with Crippen LogP contribution in [-0.2, 0) is 14.8 Å². The molecule has 8 heteroatoms. The number of nitrogens with one attached hydrogen (secondary N) is 3. The molecule has 2 aromatic rings. The summed E-state index contributed by atoms with van der Waals surface area (Å²) in [5.41, 5.74) is 0.526. The third kappa shape index (κ3) is 3.93. The molecule has 110 valence electrons. The van der Waals surface area contributed by atoms with Crippen molar-refractivity contribution in [3.63, 3.8) is 0 Å². The van der Waals surface area contributed by atoms with Crippen molar-refractivity contribution in [3.05, 3.63) is 52.9 Å². The Kier molecular flexibility index (Phi) is 4.08. The van der Waals surface area contributed by atoms with Gasteiger partial charge in [-0.2, -0.15) is 0 Å². The van der Waals surface area contributed by atoms with Crippen molar-refractivity contribution in [3.8, 4) is 0 Å². The van der Waals surface area contributed by atoms with E-state index in [2.05, 4.69) is 15.0 Å². The fraction of sp³-hybridized carbons (Fsp3) is 0.0769. The van der Waals surface area contributed by atoms with Crippen molar-refractivity contribution in [1.82, 2.24) is 4.98 Å². The first-order chi connectivity index (χ1) is 9.87. The first-order valence-corrected chi connectivity index (χ1v) is 7.44. The average molecular weight is 307 g/mol. The van der Waals surface area contributed by atoms with Crippen molar-refractivity contribution in [2.45, 2.75) is 11.8 Å². The zero-order valence-electron chi connectivity index (χ0n) is 11.1. The van der Waals surface area contributed by atoms with E-state index in [0.717, 1.165) is 12.3 Å². The molecular formula is C13H13N3O4S. The van der Waals surface area contributed by atoms with E-state index in [1.807, 2.05) is 0 Å². The predicted octanol–water partition coefficient (Wildman–Crippen LogP) is 1.13. The van der Waals surface area contributed by atoms with Gasteiger partial charge in [-0.05, 0) is 30.3 Å². The van der Waals surface area contributed by atoms with E-state index < -0.39 is 10.0 Å². The third-order valence-corrected chi connectivity index (χ3v) is 3.90. The second-order valence-corrected chi connectivity index (χ2v) is 5.94. The number of anilines is 2. The summed E-state index contributed by atoms with van der Waals surface area (Å²) in [4.78, 5) is 24.1. The summed E-state index contributed by atoms with van der Waals surface area (Å²) < 4.78 is 26.5. The third-order valence-electron chi connectivity index (χ3n) is 2.52. The number of hydrogen-bond donors (Lipinski definition) is 3. The monoisotopic (exact) mass is 307 g/mol. The number of amides is 1. The molecule has 2 rings (SSSR count). The van der Waals surface area contributed by atoms with Crippen LogP contribution >= 0.6 is 0 Å². The topological polar surface area (TPSA) is 108 Å². The maximum atomic E-state index is 12.1. The lowest BCUT2D eigenvalue weighted by Gasteiger charge is -2.08. The second-order valence-electron chi connectivity index (χ2n) is 4.25. The van der Waals surface area contributed by atoms with Crippen LogP contribution in [0.1, 0.15) is 6.92 Å². The number of carbonyl (C=O) groups is 1. The van der Waals surface area contributed by atoms with Crippen molar-refractivity contribution in [1.29, 1.82) is 0 Å². The molecule has 0 spiro atoms. The Balaban J connectivity index is 2.18. The summed E-state index contributed by atoms with van der Waals surface area (Å²) in [6, 6.07) is 8.54. The average Bonchev–Trinajstić information content (AvgIpc) is 2.40. The Labute approximate surface area is 121 Å². The van der Waals surface area contributed by atoms with E-state index in [0.29, 0.717) is 11.4 Å². The molecule has 0 aliphatic carbocycles. The Morgan fingerprint density at radius 2 is 1.67 bits per heavy atom. The normalized spacial score (nSPS) is 10.9. The number of sulfonamides is 1. The Hall–Kier alpha value is -2.61. The number of aromatic amines is 1. The van der Waals surface area contributed by atoms with E-state index in [4.69, 9.17) is 0 Å². The molecule has 0 saturated carbocycles. The van der Waals surface area contributed by atoms with Gasteiger partial charge in [0.15, 0.2) is 0 Å². The van der Waals surface area contributed by atoms with Gasteiger partial charge in [-0.3, -0.25) is 14.3 Å². The maximum Gasteiger partial charge on any atom is 0.263 e. The van der Waals surface area contributed by atoms with Gasteiger partial charge in [0, 0.05) is 30.6 Å². The Morgan fingerprint density at radius 3 is 2.19 bits per heavy atom. The van der Waals surface area contributed by atoms with E-state index in [1.165, 1.54) is 25.1 Å². The van der Waals surface area contributed by atoms with Gasteiger partial charge in [-0.25, -0.2) is 8.42 Å². The molecule has 1 heterocycles. The highest BCUT2D eigenvalue weighted by molar-refractivity contribution is 7.92. The first-order valence-electron chi connectivity index (χ1n) is 5.96. The molecule has 0 radical (unpaired) electrons. The molecule has 0 bridgehead atoms. The van der Waals surface area contributed by atoms with Crippen molar-refractivity contribution in [2.75, 3.05) is 10.0 Å². The number of benzene rings is 1. The molecule has 21 heavy (non-hydrogen) atoms. The van der Waals surface area contributed by atoms with Gasteiger partial charge in [0.05, 0.1) is 0 Å². The van der Waals surface area contributed by atoms with Gasteiger partial charge >= 0.3 is 0 Å². The molecule has 0 aliphatic rings. The van der Waals surface area contributed by atoms with Crippen LogP contribution in [-0.4, -0.2) is 19.3 Å². The molecule has 0 aliphatic heterocycles. The minimum absolute atomic E-state index is 0.0481. The zero-order valence-corrected chi connectivity index (χ0v) is 11.9. The lowest BCUT2D eigenvalue weighted by molar-refractivity contribution is -0.114. The van der Waals surface area contributed by atoms with Crippen LogP contribution in [0.5, 0.6) is 0 Å². The van der Waals surface area contributed by atoms with Crippen molar-refractivity contribution in [2.24, 2.45) is 0 Å². The van der Waals surface area contributed by atoms with Crippen molar-refractivity contribution >= 4 is 27.3 Å². The van der Waals surface area contributed by atoms with E-state index in [9.17, 15) is 18.0 Å². The van der Waals surface area contributed by atoms with Crippen LogP contribution in [0.4, 0.5) is 11.4 Å². The lowest BCUT2D eigenvalue weighted by atomic mass is 10.3. The molecule has 7 nitrogen and oxygen atoms in total. The van der Waals surface area contributed by atoms with Gasteiger partial charge in [-0.15, -0.1) is 0 Å². The van der Waals surface area contributed by atoms with Crippen LogP contribution in [0.25, 0.3) is 0 Å². The van der Waals surface area contributed by atoms with Gasteiger partial charge < -0.3 is 10.3 Å². The smallest absolute Gasteiger partial charge is 0.263 e. The fourth-order valence-corrected chi connectivity index (χ4v) is 2.63. The first kappa shape index (κ1) is 14.8. The molecular weight excluding hydrogens is 294 g/mol. The second kappa shape index (κ2) is 5.80. The quantitative estimate of drug-likeness (QED) is 0.787. The van der Waals surface area contributed by atoms with Crippen molar-refractivity contribution < 1.29 is 13.2 Å². The SMILES string of the molecule is CC(=O)Nc1ccc(NS(=O)(=O)c2ccc(=O)[nH]c2)cc1. The Bertz CT molecular complexity index is 790. The van der Waals surface area contributed by atoms with Crippen LogP contribution in [0, 0.1) is 0 Å².